The molecule has 0 radical (unpaired) electrons. The first-order valence-electron chi connectivity index (χ1n) is 9.59. The van der Waals surface area contributed by atoms with E-state index in [1.54, 1.807) is 6.07 Å². The second-order valence-electron chi connectivity index (χ2n) is 8.11. The summed E-state index contributed by atoms with van der Waals surface area (Å²) in [5.74, 6) is 0.827. The van der Waals surface area contributed by atoms with Crippen molar-refractivity contribution in [1.29, 1.82) is 0 Å². The Morgan fingerprint density at radius 2 is 1.44 bits per heavy atom. The van der Waals surface area contributed by atoms with E-state index >= 15 is 0 Å². The minimum absolute atomic E-state index is 0.0432. The third-order valence-electron chi connectivity index (χ3n) is 5.92. The Kier molecular flexibility index (Phi) is 5.89. The first-order valence-corrected chi connectivity index (χ1v) is 13.4. The number of piperazine rings is 1. The van der Waals surface area contributed by atoms with Crippen molar-refractivity contribution in [2.45, 2.75) is 48.4 Å². The molecule has 27 heavy (non-hydrogen) atoms. The summed E-state index contributed by atoms with van der Waals surface area (Å²) in [6, 6.07) is 5.10. The van der Waals surface area contributed by atoms with Crippen LogP contribution < -0.4 is 4.90 Å². The van der Waals surface area contributed by atoms with Crippen LogP contribution in [0.25, 0.3) is 0 Å². The van der Waals surface area contributed by atoms with Gasteiger partial charge in [0, 0.05) is 44.7 Å². The lowest BCUT2D eigenvalue weighted by molar-refractivity contribution is 0.132. The minimum Gasteiger partial charge on any atom is -0.368 e. The summed E-state index contributed by atoms with van der Waals surface area (Å²) in [6.07, 6.45) is 7.30. The van der Waals surface area contributed by atoms with E-state index in [2.05, 4.69) is 16.7 Å². The van der Waals surface area contributed by atoms with Gasteiger partial charge in [-0.3, -0.25) is 4.90 Å². The summed E-state index contributed by atoms with van der Waals surface area (Å²) in [5, 5.41) is 0. The molecule has 0 spiro atoms. The zero-order valence-corrected chi connectivity index (χ0v) is 18.0. The van der Waals surface area contributed by atoms with Gasteiger partial charge in [-0.2, -0.15) is 0 Å². The second-order valence-corrected chi connectivity index (χ2v) is 12.1. The van der Waals surface area contributed by atoms with Gasteiger partial charge >= 0.3 is 0 Å². The SMILES string of the molecule is CC1CCC(N2CCN(c3ccc(S(C)(=O)=O)cc3S(C)(=O)=O)CC2)CC1. The largest absolute Gasteiger partial charge is 0.368 e. The Labute approximate surface area is 163 Å². The highest BCUT2D eigenvalue weighted by Gasteiger charge is 2.29. The normalized spacial score (nSPS) is 25.5. The van der Waals surface area contributed by atoms with Gasteiger partial charge < -0.3 is 4.90 Å². The van der Waals surface area contributed by atoms with Crippen LogP contribution in [0.3, 0.4) is 0 Å². The van der Waals surface area contributed by atoms with Crippen molar-refractivity contribution in [3.8, 4) is 0 Å². The molecule has 152 valence electrons. The van der Waals surface area contributed by atoms with Gasteiger partial charge in [-0.1, -0.05) is 6.92 Å². The monoisotopic (exact) mass is 414 g/mol. The maximum Gasteiger partial charge on any atom is 0.177 e. The zero-order valence-electron chi connectivity index (χ0n) is 16.4. The zero-order chi connectivity index (χ0) is 19.8. The second kappa shape index (κ2) is 7.72. The molecule has 2 fully saturated rings. The maximum atomic E-state index is 12.3. The molecule has 2 aliphatic rings. The third kappa shape index (κ3) is 4.84. The molecule has 0 aromatic heterocycles. The predicted molar refractivity (Wildman–Crippen MR) is 108 cm³/mol. The summed E-state index contributed by atoms with van der Waals surface area (Å²) < 4.78 is 48.2. The van der Waals surface area contributed by atoms with E-state index in [9.17, 15) is 16.8 Å². The highest BCUT2D eigenvalue weighted by Crippen LogP contribution is 2.31. The molecule has 1 heterocycles. The first-order chi connectivity index (χ1) is 12.6. The summed E-state index contributed by atoms with van der Waals surface area (Å²) in [6.45, 7) is 5.66. The summed E-state index contributed by atoms with van der Waals surface area (Å²) in [5.41, 5.74) is 0.613. The topological polar surface area (TPSA) is 74.8 Å². The standard InChI is InChI=1S/C19H30N2O4S2/c1-15-4-6-16(7-5-15)20-10-12-21(13-11-20)18-9-8-17(26(2,22)23)14-19(18)27(3,24)25/h8-9,14-16H,4-7,10-13H2,1-3H3. The van der Waals surface area contributed by atoms with E-state index in [0.29, 0.717) is 11.7 Å². The van der Waals surface area contributed by atoms with E-state index in [1.807, 2.05) is 0 Å². The molecule has 8 heteroatoms. The maximum absolute atomic E-state index is 12.3. The quantitative estimate of drug-likeness (QED) is 0.752. The average molecular weight is 415 g/mol. The van der Waals surface area contributed by atoms with Crippen LogP contribution in [0.4, 0.5) is 5.69 Å². The van der Waals surface area contributed by atoms with Crippen molar-refractivity contribution in [3.63, 3.8) is 0 Å². The van der Waals surface area contributed by atoms with Crippen LogP contribution in [-0.4, -0.2) is 66.5 Å². The minimum atomic E-state index is -3.53. The van der Waals surface area contributed by atoms with Crippen LogP contribution in [0.2, 0.25) is 0 Å². The van der Waals surface area contributed by atoms with Gasteiger partial charge in [0.05, 0.1) is 15.5 Å². The lowest BCUT2D eigenvalue weighted by Gasteiger charge is -2.42. The molecule has 1 aliphatic carbocycles. The van der Waals surface area contributed by atoms with Gasteiger partial charge in [0.1, 0.15) is 0 Å². The molecule has 1 saturated heterocycles. The molecule has 3 rings (SSSR count). The number of hydrogen-bond acceptors (Lipinski definition) is 6. The fourth-order valence-corrected chi connectivity index (χ4v) is 5.86. The Bertz CT molecular complexity index is 880. The Hall–Kier alpha value is -1.12. The summed E-state index contributed by atoms with van der Waals surface area (Å²) >= 11 is 0. The van der Waals surface area contributed by atoms with Gasteiger partial charge in [-0.15, -0.1) is 0 Å². The highest BCUT2D eigenvalue weighted by atomic mass is 32.2. The van der Waals surface area contributed by atoms with Gasteiger partial charge in [-0.25, -0.2) is 16.8 Å². The molecule has 0 atom stereocenters. The van der Waals surface area contributed by atoms with Gasteiger partial charge in [-0.05, 0) is 49.8 Å². The van der Waals surface area contributed by atoms with E-state index < -0.39 is 19.7 Å². The summed E-state index contributed by atoms with van der Waals surface area (Å²) in [7, 11) is -6.98. The lowest BCUT2D eigenvalue weighted by atomic mass is 9.86. The average Bonchev–Trinajstić information content (AvgIpc) is 2.60. The van der Waals surface area contributed by atoms with Crippen molar-refractivity contribution in [3.05, 3.63) is 18.2 Å². The fourth-order valence-electron chi connectivity index (χ4n) is 4.22. The molecular formula is C19H30N2O4S2. The van der Waals surface area contributed by atoms with Crippen LogP contribution in [0.15, 0.2) is 28.0 Å². The summed E-state index contributed by atoms with van der Waals surface area (Å²) in [4.78, 5) is 4.75. The van der Waals surface area contributed by atoms with Crippen molar-refractivity contribution in [2.24, 2.45) is 5.92 Å². The van der Waals surface area contributed by atoms with E-state index in [-0.39, 0.29) is 9.79 Å². The Morgan fingerprint density at radius 1 is 0.852 bits per heavy atom. The molecule has 0 bridgehead atoms. The molecule has 1 saturated carbocycles. The van der Waals surface area contributed by atoms with E-state index in [4.69, 9.17) is 0 Å². The third-order valence-corrected chi connectivity index (χ3v) is 8.15. The molecule has 0 N–H and O–H groups in total. The molecule has 0 amide bonds. The van der Waals surface area contributed by atoms with Crippen LogP contribution in [0.1, 0.15) is 32.6 Å². The number of sulfone groups is 2. The number of anilines is 1. The number of rotatable bonds is 4. The number of benzene rings is 1. The van der Waals surface area contributed by atoms with Crippen molar-refractivity contribution in [2.75, 3.05) is 43.6 Å². The number of nitrogens with zero attached hydrogens (tertiary/aromatic N) is 2. The molecule has 1 aliphatic heterocycles. The molecule has 1 aromatic rings. The molecule has 0 unspecified atom stereocenters. The Balaban J connectivity index is 1.78. The first kappa shape index (κ1) is 20.6. The smallest absolute Gasteiger partial charge is 0.177 e. The van der Waals surface area contributed by atoms with E-state index in [0.717, 1.165) is 44.6 Å². The molecule has 1 aromatic carbocycles. The fraction of sp³-hybridized carbons (Fsp3) is 0.684. The van der Waals surface area contributed by atoms with Crippen LogP contribution in [0.5, 0.6) is 0 Å². The van der Waals surface area contributed by atoms with Crippen molar-refractivity contribution >= 4 is 25.4 Å². The van der Waals surface area contributed by atoms with E-state index in [1.165, 1.54) is 37.8 Å². The van der Waals surface area contributed by atoms with Gasteiger partial charge in [0.2, 0.25) is 0 Å². The Morgan fingerprint density at radius 3 is 1.96 bits per heavy atom. The molecule has 6 nitrogen and oxygen atoms in total. The van der Waals surface area contributed by atoms with Crippen molar-refractivity contribution < 1.29 is 16.8 Å². The van der Waals surface area contributed by atoms with Gasteiger partial charge in [0.25, 0.3) is 0 Å². The lowest BCUT2D eigenvalue weighted by Crippen LogP contribution is -2.51. The van der Waals surface area contributed by atoms with Crippen molar-refractivity contribution in [1.82, 2.24) is 4.90 Å². The van der Waals surface area contributed by atoms with Gasteiger partial charge in [0.15, 0.2) is 19.7 Å². The van der Waals surface area contributed by atoms with Crippen LogP contribution in [-0.2, 0) is 19.7 Å². The predicted octanol–water partition coefficient (Wildman–Crippen LogP) is 2.19. The molecular weight excluding hydrogens is 384 g/mol. The van der Waals surface area contributed by atoms with Crippen LogP contribution >= 0.6 is 0 Å². The number of hydrogen-bond donors (Lipinski definition) is 0. The van der Waals surface area contributed by atoms with Crippen LogP contribution in [0, 0.1) is 5.92 Å². The highest BCUT2D eigenvalue weighted by molar-refractivity contribution is 7.91.